The zero-order valence-corrected chi connectivity index (χ0v) is 14.5. The van der Waals surface area contributed by atoms with Gasteiger partial charge in [-0.1, -0.05) is 44.2 Å². The van der Waals surface area contributed by atoms with E-state index in [1.54, 1.807) is 19.1 Å². The molecule has 7 heteroatoms. The number of benzene rings is 1. The molecule has 1 N–H and O–H groups in total. The maximum absolute atomic E-state index is 12.1. The molecule has 1 aliphatic carbocycles. The largest absolute Gasteiger partial charge is 0.452 e. The van der Waals surface area contributed by atoms with Crippen molar-refractivity contribution in [2.75, 3.05) is 6.61 Å². The van der Waals surface area contributed by atoms with E-state index >= 15 is 0 Å². The molecular formula is C18H24N2O5. The van der Waals surface area contributed by atoms with Crippen LogP contribution in [0.1, 0.15) is 60.9 Å². The number of ether oxygens (including phenoxy) is 1. The van der Waals surface area contributed by atoms with Crippen LogP contribution in [0, 0.1) is 17.0 Å². The molecule has 0 aromatic heterocycles. The van der Waals surface area contributed by atoms with E-state index in [2.05, 4.69) is 5.32 Å². The molecule has 1 aromatic rings. The number of esters is 1. The smallest absolute Gasteiger partial charge is 0.345 e. The molecule has 2 rings (SSSR count). The summed E-state index contributed by atoms with van der Waals surface area (Å²) in [6.45, 7) is 1.12. The van der Waals surface area contributed by atoms with Crippen molar-refractivity contribution in [1.82, 2.24) is 5.32 Å². The third kappa shape index (κ3) is 5.55. The lowest BCUT2D eigenvalue weighted by molar-refractivity contribution is -0.385. The van der Waals surface area contributed by atoms with E-state index in [1.807, 2.05) is 0 Å². The van der Waals surface area contributed by atoms with Crippen molar-refractivity contribution in [1.29, 1.82) is 0 Å². The summed E-state index contributed by atoms with van der Waals surface area (Å²) in [6.07, 6.45) is 7.64. The van der Waals surface area contributed by atoms with Gasteiger partial charge in [0.15, 0.2) is 6.61 Å². The maximum Gasteiger partial charge on any atom is 0.345 e. The summed E-state index contributed by atoms with van der Waals surface area (Å²) in [4.78, 5) is 34.6. The quantitative estimate of drug-likeness (QED) is 0.500. The lowest BCUT2D eigenvalue weighted by Crippen LogP contribution is -2.38. The first kappa shape index (κ1) is 18.9. The second kappa shape index (κ2) is 9.15. The molecule has 1 aromatic carbocycles. The van der Waals surface area contributed by atoms with Crippen LogP contribution < -0.4 is 5.32 Å². The van der Waals surface area contributed by atoms with E-state index in [-0.39, 0.29) is 23.2 Å². The van der Waals surface area contributed by atoms with Crippen molar-refractivity contribution in [3.05, 3.63) is 39.4 Å². The predicted molar refractivity (Wildman–Crippen MR) is 92.4 cm³/mol. The number of nitrogens with one attached hydrogen (secondary N) is 1. The number of carbonyl (C=O) groups is 2. The number of rotatable bonds is 5. The van der Waals surface area contributed by atoms with Gasteiger partial charge in [0.2, 0.25) is 0 Å². The second-order valence-corrected chi connectivity index (χ2v) is 6.41. The molecule has 1 saturated carbocycles. The van der Waals surface area contributed by atoms with Gasteiger partial charge in [-0.25, -0.2) is 4.79 Å². The Labute approximate surface area is 146 Å². The predicted octanol–water partition coefficient (Wildman–Crippen LogP) is 3.29. The van der Waals surface area contributed by atoms with Crippen molar-refractivity contribution in [2.24, 2.45) is 0 Å². The number of amides is 1. The monoisotopic (exact) mass is 348 g/mol. The molecule has 1 fully saturated rings. The third-order valence-electron chi connectivity index (χ3n) is 4.44. The Balaban J connectivity index is 1.90. The Morgan fingerprint density at radius 3 is 2.48 bits per heavy atom. The highest BCUT2D eigenvalue weighted by molar-refractivity contribution is 5.95. The van der Waals surface area contributed by atoms with Crippen molar-refractivity contribution in [3.63, 3.8) is 0 Å². The molecule has 136 valence electrons. The molecule has 0 saturated heterocycles. The summed E-state index contributed by atoms with van der Waals surface area (Å²) in [5, 5.41) is 14.0. The molecule has 7 nitrogen and oxygen atoms in total. The first-order chi connectivity index (χ1) is 12.0. The molecule has 0 atom stereocenters. The van der Waals surface area contributed by atoms with Gasteiger partial charge in [-0.3, -0.25) is 14.9 Å². The summed E-state index contributed by atoms with van der Waals surface area (Å²) in [5.41, 5.74) is -0.0462. The van der Waals surface area contributed by atoms with Crippen LogP contribution in [0.2, 0.25) is 0 Å². The Morgan fingerprint density at radius 2 is 1.84 bits per heavy atom. The third-order valence-corrected chi connectivity index (χ3v) is 4.44. The minimum absolute atomic E-state index is 0.111. The van der Waals surface area contributed by atoms with Gasteiger partial charge in [0.1, 0.15) is 5.56 Å². The van der Waals surface area contributed by atoms with Crippen LogP contribution in [0.3, 0.4) is 0 Å². The molecule has 1 aliphatic rings. The highest BCUT2D eigenvalue weighted by atomic mass is 16.6. The van der Waals surface area contributed by atoms with Crippen LogP contribution in [0.15, 0.2) is 18.2 Å². The first-order valence-corrected chi connectivity index (χ1v) is 8.69. The summed E-state index contributed by atoms with van der Waals surface area (Å²) in [6, 6.07) is 4.55. The Bertz CT molecular complexity index is 636. The zero-order valence-electron chi connectivity index (χ0n) is 14.5. The standard InChI is InChI=1S/C18H24N2O5/c1-13-8-7-11-15(17(13)20(23)24)18(22)25-12-16(21)19-14-9-5-3-2-4-6-10-14/h7-8,11,14H,2-6,9-10,12H2,1H3,(H,19,21). The minimum Gasteiger partial charge on any atom is -0.452 e. The van der Waals surface area contributed by atoms with E-state index in [4.69, 9.17) is 4.74 Å². The topological polar surface area (TPSA) is 98.5 Å². The lowest BCUT2D eigenvalue weighted by Gasteiger charge is -2.20. The molecule has 0 unspecified atom stereocenters. The summed E-state index contributed by atoms with van der Waals surface area (Å²) < 4.78 is 4.98. The number of nitrogens with zero attached hydrogens (tertiary/aromatic N) is 1. The fraction of sp³-hybridized carbons (Fsp3) is 0.556. The van der Waals surface area contributed by atoms with Gasteiger partial charge < -0.3 is 10.1 Å². The maximum atomic E-state index is 12.1. The van der Waals surface area contributed by atoms with E-state index in [1.165, 1.54) is 25.3 Å². The highest BCUT2D eigenvalue weighted by Gasteiger charge is 2.24. The van der Waals surface area contributed by atoms with E-state index in [9.17, 15) is 19.7 Å². The number of hydrogen-bond donors (Lipinski definition) is 1. The molecule has 0 bridgehead atoms. The van der Waals surface area contributed by atoms with Crippen LogP contribution in [0.25, 0.3) is 0 Å². The van der Waals surface area contributed by atoms with Crippen LogP contribution in [-0.2, 0) is 9.53 Å². The number of hydrogen-bond acceptors (Lipinski definition) is 5. The molecule has 0 spiro atoms. The van der Waals surface area contributed by atoms with Crippen molar-refractivity contribution in [2.45, 2.75) is 57.9 Å². The number of carbonyl (C=O) groups excluding carboxylic acids is 2. The first-order valence-electron chi connectivity index (χ1n) is 8.69. The van der Waals surface area contributed by atoms with Crippen molar-refractivity contribution in [3.8, 4) is 0 Å². The summed E-state index contributed by atoms with van der Waals surface area (Å²) >= 11 is 0. The van der Waals surface area contributed by atoms with Gasteiger partial charge in [-0.2, -0.15) is 0 Å². The fourth-order valence-corrected chi connectivity index (χ4v) is 3.14. The molecule has 25 heavy (non-hydrogen) atoms. The average Bonchev–Trinajstić information content (AvgIpc) is 2.54. The molecule has 0 aliphatic heterocycles. The van der Waals surface area contributed by atoms with Crippen molar-refractivity contribution < 1.29 is 19.2 Å². The number of nitro groups is 1. The summed E-state index contributed by atoms with van der Waals surface area (Å²) in [5.74, 6) is -1.22. The molecular weight excluding hydrogens is 324 g/mol. The number of para-hydroxylation sites is 1. The van der Waals surface area contributed by atoms with E-state index in [0.29, 0.717) is 5.56 Å². The SMILES string of the molecule is Cc1cccc(C(=O)OCC(=O)NC2CCCCCCC2)c1[N+](=O)[O-]. The molecule has 0 heterocycles. The zero-order chi connectivity index (χ0) is 18.2. The van der Waals surface area contributed by atoms with Crippen molar-refractivity contribution >= 4 is 17.6 Å². The van der Waals surface area contributed by atoms with Gasteiger partial charge in [-0.05, 0) is 25.8 Å². The average molecular weight is 348 g/mol. The lowest BCUT2D eigenvalue weighted by atomic mass is 9.97. The van der Waals surface area contributed by atoms with Gasteiger partial charge in [0, 0.05) is 11.6 Å². The Kier molecular flexibility index (Phi) is 6.91. The van der Waals surface area contributed by atoms with E-state index in [0.717, 1.165) is 25.7 Å². The minimum atomic E-state index is -0.858. The summed E-state index contributed by atoms with van der Waals surface area (Å²) in [7, 11) is 0. The molecule has 1 amide bonds. The van der Waals surface area contributed by atoms with Crippen LogP contribution in [-0.4, -0.2) is 29.4 Å². The van der Waals surface area contributed by atoms with Crippen LogP contribution in [0.4, 0.5) is 5.69 Å². The Hall–Kier alpha value is -2.44. The number of nitro benzene ring substituents is 1. The highest BCUT2D eigenvalue weighted by Crippen LogP contribution is 2.23. The van der Waals surface area contributed by atoms with Gasteiger partial charge in [-0.15, -0.1) is 0 Å². The Morgan fingerprint density at radius 1 is 1.20 bits per heavy atom. The van der Waals surface area contributed by atoms with Gasteiger partial charge in [0.05, 0.1) is 4.92 Å². The second-order valence-electron chi connectivity index (χ2n) is 6.41. The van der Waals surface area contributed by atoms with Gasteiger partial charge in [0.25, 0.3) is 11.6 Å². The van der Waals surface area contributed by atoms with Gasteiger partial charge >= 0.3 is 5.97 Å². The van der Waals surface area contributed by atoms with E-state index < -0.39 is 17.5 Å². The normalized spacial score (nSPS) is 15.7. The van der Waals surface area contributed by atoms with Crippen LogP contribution >= 0.6 is 0 Å². The van der Waals surface area contributed by atoms with Crippen LogP contribution in [0.5, 0.6) is 0 Å². The molecule has 0 radical (unpaired) electrons. The fourth-order valence-electron chi connectivity index (χ4n) is 3.14. The number of aryl methyl sites for hydroxylation is 1.